The molecule has 0 atom stereocenters. The Morgan fingerprint density at radius 3 is 2.95 bits per heavy atom. The predicted molar refractivity (Wildman–Crippen MR) is 79.6 cm³/mol. The van der Waals surface area contributed by atoms with Crippen LogP contribution in [0.2, 0.25) is 5.02 Å². The van der Waals surface area contributed by atoms with Crippen LogP contribution in [0.25, 0.3) is 0 Å². The van der Waals surface area contributed by atoms with E-state index in [1.807, 2.05) is 12.1 Å². The molecule has 0 fully saturated rings. The van der Waals surface area contributed by atoms with Crippen LogP contribution in [0.1, 0.15) is 18.9 Å². The average Bonchev–Trinajstić information content (AvgIpc) is 2.44. The number of hydrogen-bond acceptors (Lipinski definition) is 4. The van der Waals surface area contributed by atoms with Crippen LogP contribution in [0.15, 0.2) is 46.7 Å². The Bertz CT molecular complexity index is 519. The van der Waals surface area contributed by atoms with Gasteiger partial charge in [0.1, 0.15) is 5.03 Å². The maximum Gasteiger partial charge on any atom is 0.119 e. The van der Waals surface area contributed by atoms with Crippen molar-refractivity contribution < 1.29 is 0 Å². The highest BCUT2D eigenvalue weighted by atomic mass is 35.5. The van der Waals surface area contributed by atoms with Crippen molar-refractivity contribution in [2.24, 2.45) is 0 Å². The van der Waals surface area contributed by atoms with Gasteiger partial charge in [-0.3, -0.25) is 4.98 Å². The van der Waals surface area contributed by atoms with Gasteiger partial charge in [0.2, 0.25) is 0 Å². The van der Waals surface area contributed by atoms with E-state index in [2.05, 4.69) is 28.3 Å². The van der Waals surface area contributed by atoms with E-state index in [1.165, 1.54) is 5.56 Å². The molecule has 2 rings (SSSR count). The standard InChI is InChI=1S/C14H16ClN3S/c1-2-6-16-9-11-4-3-5-12(15)14(11)19-13-10-17-7-8-18-13/h3-5,7-8,10,16H,2,6,9H2,1H3. The summed E-state index contributed by atoms with van der Waals surface area (Å²) in [7, 11) is 0. The van der Waals surface area contributed by atoms with Crippen molar-refractivity contribution in [3.63, 3.8) is 0 Å². The lowest BCUT2D eigenvalue weighted by Crippen LogP contribution is -2.14. The van der Waals surface area contributed by atoms with E-state index in [4.69, 9.17) is 11.6 Å². The molecule has 0 aliphatic heterocycles. The number of halogens is 1. The molecule has 1 aromatic carbocycles. The molecule has 100 valence electrons. The van der Waals surface area contributed by atoms with Crippen LogP contribution in [-0.2, 0) is 6.54 Å². The molecule has 0 spiro atoms. The minimum Gasteiger partial charge on any atom is -0.313 e. The molecule has 0 bridgehead atoms. The second kappa shape index (κ2) is 7.48. The molecule has 5 heteroatoms. The molecule has 0 aliphatic carbocycles. The summed E-state index contributed by atoms with van der Waals surface area (Å²) in [6, 6.07) is 5.98. The maximum absolute atomic E-state index is 6.30. The lowest BCUT2D eigenvalue weighted by molar-refractivity contribution is 0.669. The summed E-state index contributed by atoms with van der Waals surface area (Å²) in [6.07, 6.45) is 6.22. The van der Waals surface area contributed by atoms with Crippen LogP contribution in [0.3, 0.4) is 0 Å². The molecule has 0 aliphatic rings. The molecule has 0 amide bonds. The number of aromatic nitrogens is 2. The summed E-state index contributed by atoms with van der Waals surface area (Å²) in [4.78, 5) is 9.40. The average molecular weight is 294 g/mol. The molecule has 1 aromatic heterocycles. The van der Waals surface area contributed by atoms with Gasteiger partial charge in [0.05, 0.1) is 11.2 Å². The molecule has 1 heterocycles. The first-order valence-corrected chi connectivity index (χ1v) is 7.42. The van der Waals surface area contributed by atoms with E-state index >= 15 is 0 Å². The van der Waals surface area contributed by atoms with Crippen molar-refractivity contribution in [2.75, 3.05) is 6.54 Å². The maximum atomic E-state index is 6.30. The number of rotatable bonds is 6. The number of nitrogens with zero attached hydrogens (tertiary/aromatic N) is 2. The molecular formula is C14H16ClN3S. The van der Waals surface area contributed by atoms with Crippen molar-refractivity contribution in [2.45, 2.75) is 29.8 Å². The summed E-state index contributed by atoms with van der Waals surface area (Å²) in [5.41, 5.74) is 1.19. The third-order valence-corrected chi connectivity index (χ3v) is 4.07. The van der Waals surface area contributed by atoms with Crippen molar-refractivity contribution >= 4 is 23.4 Å². The highest BCUT2D eigenvalue weighted by Gasteiger charge is 2.09. The molecule has 0 saturated carbocycles. The molecule has 0 unspecified atom stereocenters. The first-order valence-electron chi connectivity index (χ1n) is 6.23. The zero-order valence-corrected chi connectivity index (χ0v) is 12.3. The van der Waals surface area contributed by atoms with Crippen LogP contribution in [0.4, 0.5) is 0 Å². The van der Waals surface area contributed by atoms with E-state index < -0.39 is 0 Å². The Morgan fingerprint density at radius 2 is 2.21 bits per heavy atom. The van der Waals surface area contributed by atoms with Gasteiger partial charge in [-0.05, 0) is 24.6 Å². The highest BCUT2D eigenvalue weighted by Crippen LogP contribution is 2.34. The molecule has 2 aromatic rings. The summed E-state index contributed by atoms with van der Waals surface area (Å²) >= 11 is 7.85. The van der Waals surface area contributed by atoms with Gasteiger partial charge < -0.3 is 5.32 Å². The monoisotopic (exact) mass is 293 g/mol. The molecule has 19 heavy (non-hydrogen) atoms. The van der Waals surface area contributed by atoms with Crippen molar-refractivity contribution in [3.8, 4) is 0 Å². The fraction of sp³-hybridized carbons (Fsp3) is 0.286. The van der Waals surface area contributed by atoms with Crippen LogP contribution in [0, 0.1) is 0 Å². The second-order valence-corrected chi connectivity index (χ2v) is 5.49. The van der Waals surface area contributed by atoms with Gasteiger partial charge in [0, 0.05) is 23.8 Å². The Hall–Kier alpha value is -1.10. The van der Waals surface area contributed by atoms with Gasteiger partial charge in [0.25, 0.3) is 0 Å². The van der Waals surface area contributed by atoms with Gasteiger partial charge >= 0.3 is 0 Å². The third-order valence-electron chi connectivity index (χ3n) is 2.54. The van der Waals surface area contributed by atoms with Gasteiger partial charge in [0.15, 0.2) is 0 Å². The van der Waals surface area contributed by atoms with Crippen LogP contribution in [-0.4, -0.2) is 16.5 Å². The van der Waals surface area contributed by atoms with Gasteiger partial charge in [-0.1, -0.05) is 42.4 Å². The highest BCUT2D eigenvalue weighted by molar-refractivity contribution is 7.99. The SMILES string of the molecule is CCCNCc1cccc(Cl)c1Sc1cnccn1. The van der Waals surface area contributed by atoms with Gasteiger partial charge in [-0.25, -0.2) is 4.98 Å². The van der Waals surface area contributed by atoms with Crippen LogP contribution >= 0.6 is 23.4 Å². The summed E-state index contributed by atoms with van der Waals surface area (Å²) in [5, 5.41) is 5.01. The summed E-state index contributed by atoms with van der Waals surface area (Å²) in [6.45, 7) is 3.97. The Labute approximate surface area is 122 Å². The topological polar surface area (TPSA) is 37.8 Å². The molecule has 1 N–H and O–H groups in total. The van der Waals surface area contributed by atoms with E-state index in [1.54, 1.807) is 30.4 Å². The zero-order chi connectivity index (χ0) is 13.5. The fourth-order valence-electron chi connectivity index (χ4n) is 1.65. The molecule has 3 nitrogen and oxygen atoms in total. The van der Waals surface area contributed by atoms with Gasteiger partial charge in [-0.15, -0.1) is 0 Å². The number of benzene rings is 1. The Kier molecular flexibility index (Phi) is 5.63. The van der Waals surface area contributed by atoms with Crippen molar-refractivity contribution in [3.05, 3.63) is 47.4 Å². The number of hydrogen-bond donors (Lipinski definition) is 1. The zero-order valence-electron chi connectivity index (χ0n) is 10.8. The normalized spacial score (nSPS) is 10.6. The molecule has 0 saturated heterocycles. The van der Waals surface area contributed by atoms with Gasteiger partial charge in [-0.2, -0.15) is 0 Å². The fourth-order valence-corrected chi connectivity index (χ4v) is 2.83. The first kappa shape index (κ1) is 14.3. The van der Waals surface area contributed by atoms with Crippen LogP contribution in [0.5, 0.6) is 0 Å². The quantitative estimate of drug-likeness (QED) is 0.823. The third kappa shape index (κ3) is 4.20. The van der Waals surface area contributed by atoms with E-state index in [0.717, 1.165) is 34.5 Å². The smallest absolute Gasteiger partial charge is 0.119 e. The lowest BCUT2D eigenvalue weighted by atomic mass is 10.2. The van der Waals surface area contributed by atoms with E-state index in [9.17, 15) is 0 Å². The first-order chi connectivity index (χ1) is 9.31. The summed E-state index contributed by atoms with van der Waals surface area (Å²) in [5.74, 6) is 0. The van der Waals surface area contributed by atoms with E-state index in [-0.39, 0.29) is 0 Å². The lowest BCUT2D eigenvalue weighted by Gasteiger charge is -2.11. The minimum absolute atomic E-state index is 0.756. The van der Waals surface area contributed by atoms with Crippen LogP contribution < -0.4 is 5.32 Å². The Morgan fingerprint density at radius 1 is 1.32 bits per heavy atom. The predicted octanol–water partition coefficient (Wildman–Crippen LogP) is 3.78. The van der Waals surface area contributed by atoms with Crippen molar-refractivity contribution in [1.29, 1.82) is 0 Å². The molecular weight excluding hydrogens is 278 g/mol. The summed E-state index contributed by atoms with van der Waals surface area (Å²) < 4.78 is 0. The van der Waals surface area contributed by atoms with E-state index in [0.29, 0.717) is 0 Å². The second-order valence-electron chi connectivity index (χ2n) is 4.05. The van der Waals surface area contributed by atoms with Crippen molar-refractivity contribution in [1.82, 2.24) is 15.3 Å². The Balaban J connectivity index is 2.18. The molecule has 0 radical (unpaired) electrons. The largest absolute Gasteiger partial charge is 0.313 e. The number of nitrogens with one attached hydrogen (secondary N) is 1. The minimum atomic E-state index is 0.756.